The molecule has 0 radical (unpaired) electrons. The standard InChI is InChI=1S/C74H60/c1-47(2)57-37-39-67-69(45-57)73(61-35-33-53-13-5-7-15-59(53)43-61)65-19-11-9-17-63(65)71(67)55-29-25-51(26-30-55)41-49-21-23-50(24-22-49)42-52-27-31-56(32-28-52)72-64-18-10-12-20-66(64)74(70-46-58(48(3)4)38-40-68(70)72)62-36-34-54-14-6-8-16-60(54)44-62/h5-20,25-48H,21-24H2,1-4H3. The molecular weight excluding hydrogens is 889 g/mol. The van der Waals surface area contributed by atoms with Crippen LogP contribution in [0.2, 0.25) is 0 Å². The summed E-state index contributed by atoms with van der Waals surface area (Å²) in [6.07, 6.45) is 9.27. The first-order valence-corrected chi connectivity index (χ1v) is 26.9. The van der Waals surface area contributed by atoms with Crippen LogP contribution in [0.1, 0.15) is 87.5 Å². The van der Waals surface area contributed by atoms with E-state index >= 15 is 0 Å². The summed E-state index contributed by atoms with van der Waals surface area (Å²) in [6.45, 7) is 9.19. The monoisotopic (exact) mass is 948 g/mol. The highest BCUT2D eigenvalue weighted by Gasteiger charge is 2.21. The van der Waals surface area contributed by atoms with Gasteiger partial charge in [0.25, 0.3) is 0 Å². The van der Waals surface area contributed by atoms with E-state index in [1.54, 1.807) is 0 Å². The van der Waals surface area contributed by atoms with Gasteiger partial charge in [-0.1, -0.05) is 257 Å². The van der Waals surface area contributed by atoms with E-state index in [1.165, 1.54) is 143 Å². The summed E-state index contributed by atoms with van der Waals surface area (Å²) >= 11 is 0. The Labute approximate surface area is 436 Å². The Bertz CT molecular complexity index is 3930. The number of allylic oxidation sites excluding steroid dienone is 2. The molecule has 0 heteroatoms. The number of hydrogen-bond acceptors (Lipinski definition) is 0. The molecule has 0 bridgehead atoms. The van der Waals surface area contributed by atoms with Gasteiger partial charge in [-0.3, -0.25) is 0 Å². The molecule has 1 aliphatic carbocycles. The minimum atomic E-state index is 0.433. The molecule has 0 amide bonds. The van der Waals surface area contributed by atoms with Gasteiger partial charge in [-0.05, 0) is 181 Å². The maximum Gasteiger partial charge on any atom is -0.00260 e. The second-order valence-electron chi connectivity index (χ2n) is 21.5. The van der Waals surface area contributed by atoms with Crippen molar-refractivity contribution in [3.05, 3.63) is 252 Å². The van der Waals surface area contributed by atoms with Crippen LogP contribution in [0.4, 0.5) is 0 Å². The zero-order valence-corrected chi connectivity index (χ0v) is 42.9. The molecule has 0 spiro atoms. The first-order valence-electron chi connectivity index (χ1n) is 26.9. The summed E-state index contributed by atoms with van der Waals surface area (Å²) < 4.78 is 0. The van der Waals surface area contributed by atoms with Gasteiger partial charge in [0.1, 0.15) is 0 Å². The molecule has 74 heavy (non-hydrogen) atoms. The molecule has 0 aromatic heterocycles. The molecule has 13 rings (SSSR count). The molecule has 12 aromatic rings. The van der Waals surface area contributed by atoms with Crippen LogP contribution in [0.15, 0.2) is 230 Å². The average Bonchev–Trinajstić information content (AvgIpc) is 3.44. The zero-order chi connectivity index (χ0) is 49.9. The van der Waals surface area contributed by atoms with Crippen LogP contribution in [0.3, 0.4) is 0 Å². The van der Waals surface area contributed by atoms with Gasteiger partial charge in [0.15, 0.2) is 0 Å². The first-order chi connectivity index (χ1) is 36.3. The number of benzene rings is 12. The van der Waals surface area contributed by atoms with Crippen LogP contribution in [0, 0.1) is 0 Å². The third kappa shape index (κ3) is 8.29. The van der Waals surface area contributed by atoms with Crippen LogP contribution in [0.25, 0.3) is 121 Å². The lowest BCUT2D eigenvalue weighted by atomic mass is 9.84. The van der Waals surface area contributed by atoms with Crippen molar-refractivity contribution < 1.29 is 0 Å². The Hall–Kier alpha value is -8.32. The normalized spacial score (nSPS) is 13.1. The lowest BCUT2D eigenvalue weighted by Gasteiger charge is -2.20. The lowest BCUT2D eigenvalue weighted by molar-refractivity contribution is 0.739. The predicted octanol–water partition coefficient (Wildman–Crippen LogP) is 21.6. The number of hydrogen-bond donors (Lipinski definition) is 0. The van der Waals surface area contributed by atoms with Crippen molar-refractivity contribution in [2.45, 2.75) is 65.2 Å². The molecule has 0 aliphatic heterocycles. The highest BCUT2D eigenvalue weighted by atomic mass is 14.2. The molecule has 12 aromatic carbocycles. The molecule has 1 saturated carbocycles. The predicted molar refractivity (Wildman–Crippen MR) is 322 cm³/mol. The van der Waals surface area contributed by atoms with Crippen molar-refractivity contribution in [2.24, 2.45) is 0 Å². The molecule has 356 valence electrons. The largest absolute Gasteiger partial charge is 0.0690 e. The molecule has 0 heterocycles. The van der Waals surface area contributed by atoms with E-state index in [0.29, 0.717) is 11.8 Å². The third-order valence-electron chi connectivity index (χ3n) is 16.2. The first kappa shape index (κ1) is 45.5. The summed E-state index contributed by atoms with van der Waals surface area (Å²) in [6, 6.07) is 82.5. The van der Waals surface area contributed by atoms with Crippen LogP contribution < -0.4 is 0 Å². The molecule has 0 saturated heterocycles. The van der Waals surface area contributed by atoms with Crippen LogP contribution in [-0.2, 0) is 0 Å². The van der Waals surface area contributed by atoms with Gasteiger partial charge in [-0.15, -0.1) is 0 Å². The van der Waals surface area contributed by atoms with Gasteiger partial charge in [0.05, 0.1) is 0 Å². The van der Waals surface area contributed by atoms with Gasteiger partial charge >= 0.3 is 0 Å². The zero-order valence-electron chi connectivity index (χ0n) is 42.9. The fourth-order valence-corrected chi connectivity index (χ4v) is 12.2. The fraction of sp³-hybridized carbons (Fsp3) is 0.135. The van der Waals surface area contributed by atoms with Crippen molar-refractivity contribution in [3.8, 4) is 44.5 Å². The molecule has 1 aliphatic rings. The summed E-state index contributed by atoms with van der Waals surface area (Å²) in [5.41, 5.74) is 18.7. The Morgan fingerprint density at radius 1 is 0.270 bits per heavy atom. The topological polar surface area (TPSA) is 0 Å². The van der Waals surface area contributed by atoms with E-state index in [0.717, 1.165) is 25.7 Å². The summed E-state index contributed by atoms with van der Waals surface area (Å²) in [5.74, 6) is 0.866. The van der Waals surface area contributed by atoms with Crippen LogP contribution in [-0.4, -0.2) is 0 Å². The van der Waals surface area contributed by atoms with Crippen molar-refractivity contribution >= 4 is 76.8 Å². The molecule has 0 N–H and O–H groups in total. The van der Waals surface area contributed by atoms with Crippen LogP contribution in [0.5, 0.6) is 0 Å². The fourth-order valence-electron chi connectivity index (χ4n) is 12.2. The van der Waals surface area contributed by atoms with E-state index in [1.807, 2.05) is 0 Å². The van der Waals surface area contributed by atoms with Gasteiger partial charge in [0.2, 0.25) is 0 Å². The van der Waals surface area contributed by atoms with E-state index < -0.39 is 0 Å². The Kier molecular flexibility index (Phi) is 11.7. The van der Waals surface area contributed by atoms with Crippen molar-refractivity contribution in [2.75, 3.05) is 0 Å². The van der Waals surface area contributed by atoms with E-state index in [2.05, 4.69) is 258 Å². The Morgan fingerprint density at radius 3 is 0.946 bits per heavy atom. The van der Waals surface area contributed by atoms with Crippen LogP contribution >= 0.6 is 0 Å². The summed E-state index contributed by atoms with van der Waals surface area (Å²) in [7, 11) is 0. The van der Waals surface area contributed by atoms with Gasteiger partial charge in [-0.2, -0.15) is 0 Å². The number of rotatable bonds is 8. The smallest absolute Gasteiger partial charge is 0.00260 e. The molecule has 1 fully saturated rings. The maximum absolute atomic E-state index is 2.46. The molecular formula is C74H60. The van der Waals surface area contributed by atoms with Crippen molar-refractivity contribution in [1.82, 2.24) is 0 Å². The average molecular weight is 949 g/mol. The lowest BCUT2D eigenvalue weighted by Crippen LogP contribution is -1.98. The van der Waals surface area contributed by atoms with Gasteiger partial charge in [0, 0.05) is 0 Å². The number of fused-ring (bicyclic) bond motifs is 6. The highest BCUT2D eigenvalue weighted by molar-refractivity contribution is 6.23. The van der Waals surface area contributed by atoms with E-state index in [-0.39, 0.29) is 0 Å². The Morgan fingerprint density at radius 2 is 0.581 bits per heavy atom. The maximum atomic E-state index is 2.46. The molecule has 0 nitrogen and oxygen atoms in total. The quantitative estimate of drug-likeness (QED) is 0.133. The summed E-state index contributed by atoms with van der Waals surface area (Å²) in [4.78, 5) is 0. The van der Waals surface area contributed by atoms with Crippen molar-refractivity contribution in [3.63, 3.8) is 0 Å². The molecule has 0 unspecified atom stereocenters. The molecule has 0 atom stereocenters. The third-order valence-corrected chi connectivity index (χ3v) is 16.2. The van der Waals surface area contributed by atoms with E-state index in [4.69, 9.17) is 0 Å². The second kappa shape index (κ2) is 18.9. The SMILES string of the molecule is CC(C)c1ccc2c(-c3ccc(C=C4CCC(=Cc5ccc(-c6c7ccccc7c(-c7ccc8ccccc8c7)c7cc(C(C)C)ccc67)cc5)CC4)cc3)c3ccccc3c(-c3ccc4ccccc4c3)c2c1. The minimum absolute atomic E-state index is 0.433. The Balaban J connectivity index is 0.777. The minimum Gasteiger partial charge on any atom is -0.0690 e. The highest BCUT2D eigenvalue weighted by Crippen LogP contribution is 2.47. The van der Waals surface area contributed by atoms with Gasteiger partial charge in [-0.25, -0.2) is 0 Å². The summed E-state index contributed by atoms with van der Waals surface area (Å²) in [5, 5.41) is 15.5. The van der Waals surface area contributed by atoms with Gasteiger partial charge < -0.3 is 0 Å². The second-order valence-corrected chi connectivity index (χ2v) is 21.5. The van der Waals surface area contributed by atoms with Crippen molar-refractivity contribution in [1.29, 1.82) is 0 Å². The van der Waals surface area contributed by atoms with E-state index in [9.17, 15) is 0 Å².